The zero-order valence-corrected chi connectivity index (χ0v) is 18.7. The van der Waals surface area contributed by atoms with Crippen LogP contribution in [0.4, 0.5) is 4.39 Å². The molecule has 1 amide bonds. The highest BCUT2D eigenvalue weighted by Crippen LogP contribution is 2.40. The second-order valence-electron chi connectivity index (χ2n) is 8.73. The van der Waals surface area contributed by atoms with Gasteiger partial charge in [0, 0.05) is 18.5 Å². The maximum Gasteiger partial charge on any atom is 0.295 e. The van der Waals surface area contributed by atoms with E-state index in [1.807, 2.05) is 37.3 Å². The molecular formula is C28H24FNO4. The van der Waals surface area contributed by atoms with Gasteiger partial charge in [0.25, 0.3) is 11.7 Å². The summed E-state index contributed by atoms with van der Waals surface area (Å²) >= 11 is 0. The first-order valence-electron chi connectivity index (χ1n) is 11.3. The van der Waals surface area contributed by atoms with Crippen LogP contribution < -0.4 is 4.74 Å². The largest absolute Gasteiger partial charge is 0.507 e. The summed E-state index contributed by atoms with van der Waals surface area (Å²) in [6.07, 6.45) is 1.28. The maximum absolute atomic E-state index is 13.7. The predicted molar refractivity (Wildman–Crippen MR) is 126 cm³/mol. The number of ether oxygens (including phenoxy) is 1. The first kappa shape index (κ1) is 21.9. The summed E-state index contributed by atoms with van der Waals surface area (Å²) in [4.78, 5) is 27.7. The normalized spacial score (nSPS) is 20.9. The van der Waals surface area contributed by atoms with Gasteiger partial charge in [-0.15, -0.1) is 0 Å². The number of hydrogen-bond donors (Lipinski definition) is 1. The monoisotopic (exact) mass is 457 g/mol. The Morgan fingerprint density at radius 1 is 1.06 bits per heavy atom. The Morgan fingerprint density at radius 2 is 1.79 bits per heavy atom. The minimum Gasteiger partial charge on any atom is -0.507 e. The number of amides is 1. The highest BCUT2D eigenvalue weighted by molar-refractivity contribution is 6.46. The number of nitrogens with zero attached hydrogens (tertiary/aromatic N) is 1. The Kier molecular flexibility index (Phi) is 5.65. The van der Waals surface area contributed by atoms with Crippen molar-refractivity contribution >= 4 is 17.4 Å². The van der Waals surface area contributed by atoms with E-state index < -0.39 is 23.5 Å². The van der Waals surface area contributed by atoms with Crippen LogP contribution in [0, 0.1) is 5.82 Å². The van der Waals surface area contributed by atoms with E-state index in [9.17, 15) is 19.1 Å². The van der Waals surface area contributed by atoms with Crippen LogP contribution in [-0.2, 0) is 22.4 Å². The fourth-order valence-electron chi connectivity index (χ4n) is 4.72. The van der Waals surface area contributed by atoms with Crippen molar-refractivity contribution < 1.29 is 23.8 Å². The van der Waals surface area contributed by atoms with E-state index in [4.69, 9.17) is 4.74 Å². The number of carbonyl (C=O) groups excluding carboxylic acids is 2. The average Bonchev–Trinajstić information content (AvgIpc) is 3.34. The molecule has 0 bridgehead atoms. The second-order valence-corrected chi connectivity index (χ2v) is 8.73. The van der Waals surface area contributed by atoms with Gasteiger partial charge in [0.2, 0.25) is 0 Å². The van der Waals surface area contributed by atoms with Crippen LogP contribution in [-0.4, -0.2) is 34.3 Å². The van der Waals surface area contributed by atoms with Gasteiger partial charge in [-0.05, 0) is 60.4 Å². The molecule has 34 heavy (non-hydrogen) atoms. The van der Waals surface area contributed by atoms with E-state index in [0.29, 0.717) is 24.0 Å². The number of halogens is 1. The zero-order valence-electron chi connectivity index (χ0n) is 18.7. The molecule has 6 heteroatoms. The van der Waals surface area contributed by atoms with Crippen molar-refractivity contribution in [1.29, 1.82) is 0 Å². The van der Waals surface area contributed by atoms with E-state index in [2.05, 4.69) is 0 Å². The first-order chi connectivity index (χ1) is 16.4. The van der Waals surface area contributed by atoms with Crippen molar-refractivity contribution in [2.24, 2.45) is 0 Å². The lowest BCUT2D eigenvalue weighted by atomic mass is 9.94. The third-order valence-corrected chi connectivity index (χ3v) is 6.38. The molecule has 0 aromatic heterocycles. The molecule has 2 heterocycles. The van der Waals surface area contributed by atoms with Crippen molar-refractivity contribution in [3.05, 3.63) is 106 Å². The predicted octanol–water partition coefficient (Wildman–Crippen LogP) is 4.81. The van der Waals surface area contributed by atoms with Crippen molar-refractivity contribution in [2.45, 2.75) is 31.9 Å². The summed E-state index contributed by atoms with van der Waals surface area (Å²) in [5, 5.41) is 11.3. The van der Waals surface area contributed by atoms with Gasteiger partial charge in [-0.3, -0.25) is 9.59 Å². The van der Waals surface area contributed by atoms with Gasteiger partial charge in [0.15, 0.2) is 0 Å². The van der Waals surface area contributed by atoms with Crippen molar-refractivity contribution in [1.82, 2.24) is 4.90 Å². The molecule has 0 saturated carbocycles. The number of likely N-dealkylation sites (tertiary alicyclic amines) is 1. The molecule has 1 saturated heterocycles. The van der Waals surface area contributed by atoms with Gasteiger partial charge < -0.3 is 14.7 Å². The van der Waals surface area contributed by atoms with E-state index >= 15 is 0 Å². The fraction of sp³-hybridized carbons (Fsp3) is 0.214. The fourth-order valence-corrected chi connectivity index (χ4v) is 4.72. The highest BCUT2D eigenvalue weighted by Gasteiger charge is 2.45. The zero-order chi connectivity index (χ0) is 23.8. The Balaban J connectivity index is 1.57. The van der Waals surface area contributed by atoms with Gasteiger partial charge in [-0.1, -0.05) is 42.5 Å². The summed E-state index contributed by atoms with van der Waals surface area (Å²) in [7, 11) is 0. The molecule has 0 unspecified atom stereocenters. The van der Waals surface area contributed by atoms with Crippen LogP contribution in [0.1, 0.15) is 35.2 Å². The molecule has 2 aliphatic rings. The standard InChI is InChI=1S/C28H24FNO4/c1-17-15-21-16-20(9-12-23(21)34-17)26(31)24-25(19-7-10-22(29)11-8-19)30(28(33)27(24)32)14-13-18-5-3-2-4-6-18/h2-12,16-17,25,31H,13-15H2,1H3/t17-,25-/m1/s1. The number of aliphatic hydroxyl groups is 1. The molecule has 3 aromatic carbocycles. The smallest absolute Gasteiger partial charge is 0.295 e. The van der Waals surface area contributed by atoms with Crippen LogP contribution in [0.15, 0.2) is 78.4 Å². The van der Waals surface area contributed by atoms with Gasteiger partial charge in [-0.2, -0.15) is 0 Å². The van der Waals surface area contributed by atoms with Crippen molar-refractivity contribution in [2.75, 3.05) is 6.54 Å². The first-order valence-corrected chi connectivity index (χ1v) is 11.3. The number of hydrogen-bond acceptors (Lipinski definition) is 4. The van der Waals surface area contributed by atoms with Crippen LogP contribution in [0.2, 0.25) is 0 Å². The van der Waals surface area contributed by atoms with E-state index in [-0.39, 0.29) is 24.0 Å². The van der Waals surface area contributed by atoms with Crippen molar-refractivity contribution in [3.63, 3.8) is 0 Å². The minimum absolute atomic E-state index is 0.0107. The lowest BCUT2D eigenvalue weighted by Crippen LogP contribution is -2.31. The highest BCUT2D eigenvalue weighted by atomic mass is 19.1. The third-order valence-electron chi connectivity index (χ3n) is 6.38. The lowest BCUT2D eigenvalue weighted by Gasteiger charge is -2.25. The van der Waals surface area contributed by atoms with Crippen LogP contribution in [0.25, 0.3) is 5.76 Å². The molecule has 172 valence electrons. The number of carbonyl (C=O) groups is 2. The molecule has 0 aliphatic carbocycles. The van der Waals surface area contributed by atoms with E-state index in [1.165, 1.54) is 17.0 Å². The number of fused-ring (bicyclic) bond motifs is 1. The number of ketones is 1. The average molecular weight is 458 g/mol. The van der Waals surface area contributed by atoms with Crippen LogP contribution in [0.3, 0.4) is 0 Å². The summed E-state index contributed by atoms with van der Waals surface area (Å²) in [5.74, 6) is -1.33. The van der Waals surface area contributed by atoms with Gasteiger partial charge in [0.1, 0.15) is 23.4 Å². The minimum atomic E-state index is -0.812. The topological polar surface area (TPSA) is 66.8 Å². The summed E-state index contributed by atoms with van der Waals surface area (Å²) in [6, 6.07) is 19.8. The second kappa shape index (κ2) is 8.78. The molecule has 1 N–H and O–H groups in total. The Hall–Kier alpha value is -3.93. The molecule has 3 aromatic rings. The van der Waals surface area contributed by atoms with Gasteiger partial charge in [0.05, 0.1) is 11.6 Å². The molecule has 2 aliphatic heterocycles. The summed E-state index contributed by atoms with van der Waals surface area (Å²) < 4.78 is 19.4. The van der Waals surface area contributed by atoms with Crippen molar-refractivity contribution in [3.8, 4) is 5.75 Å². The molecule has 2 atom stereocenters. The molecule has 0 spiro atoms. The molecule has 1 fully saturated rings. The number of benzene rings is 3. The summed E-state index contributed by atoms with van der Waals surface area (Å²) in [5.41, 5.74) is 2.98. The third kappa shape index (κ3) is 3.96. The Labute approximate surface area is 197 Å². The van der Waals surface area contributed by atoms with E-state index in [0.717, 1.165) is 16.9 Å². The number of Topliss-reactive ketones (excluding diaryl/α,β-unsaturated/α-hetero) is 1. The van der Waals surface area contributed by atoms with Gasteiger partial charge >= 0.3 is 0 Å². The van der Waals surface area contributed by atoms with Crippen LogP contribution >= 0.6 is 0 Å². The maximum atomic E-state index is 13.7. The molecule has 5 nitrogen and oxygen atoms in total. The Bertz CT molecular complexity index is 1280. The molecule has 5 rings (SSSR count). The van der Waals surface area contributed by atoms with Gasteiger partial charge in [-0.25, -0.2) is 4.39 Å². The lowest BCUT2D eigenvalue weighted by molar-refractivity contribution is -0.139. The van der Waals surface area contributed by atoms with E-state index in [1.54, 1.807) is 30.3 Å². The number of rotatable bonds is 5. The molecular weight excluding hydrogens is 433 g/mol. The quantitative estimate of drug-likeness (QED) is 0.339. The summed E-state index contributed by atoms with van der Waals surface area (Å²) in [6.45, 7) is 2.25. The molecule has 0 radical (unpaired) electrons. The van der Waals surface area contributed by atoms with Crippen LogP contribution in [0.5, 0.6) is 5.75 Å². The number of aliphatic hydroxyl groups excluding tert-OH is 1. The Morgan fingerprint density at radius 3 is 2.53 bits per heavy atom. The SMILES string of the molecule is C[C@@H]1Cc2cc(C(O)=C3C(=O)C(=O)N(CCc4ccccc4)[C@@H]3c3ccc(F)cc3)ccc2O1.